The van der Waals surface area contributed by atoms with Crippen molar-refractivity contribution < 1.29 is 22.7 Å². The summed E-state index contributed by atoms with van der Waals surface area (Å²) < 4.78 is 36.9. The Kier molecular flexibility index (Phi) is 4.67. The Balaban J connectivity index is 1.76. The van der Waals surface area contributed by atoms with Gasteiger partial charge in [0.15, 0.2) is 0 Å². The average Bonchev–Trinajstić information content (AvgIpc) is 3.47. The number of benzene rings is 2. The molecule has 0 N–H and O–H groups in total. The van der Waals surface area contributed by atoms with Crippen molar-refractivity contribution in [1.29, 1.82) is 0 Å². The number of carbonyl (C=O) groups excluding carboxylic acids is 1. The van der Waals surface area contributed by atoms with Crippen LogP contribution in [0.5, 0.6) is 11.5 Å². The molecule has 3 rings (SSSR count). The van der Waals surface area contributed by atoms with E-state index in [1.807, 2.05) is 0 Å². The maximum Gasteiger partial charge on any atom is 0.314 e. The zero-order valence-corrected chi connectivity index (χ0v) is 14.8. The number of esters is 1. The first-order chi connectivity index (χ1) is 11.9. The van der Waals surface area contributed by atoms with Gasteiger partial charge in [0.1, 0.15) is 11.5 Å². The molecule has 0 atom stereocenters. The highest BCUT2D eigenvalue weighted by Gasteiger charge is 2.31. The molecular weight excluding hydrogens is 342 g/mol. The molecule has 0 unspecified atom stereocenters. The molecule has 0 aromatic heterocycles. The van der Waals surface area contributed by atoms with Crippen molar-refractivity contribution in [2.45, 2.75) is 17.7 Å². The van der Waals surface area contributed by atoms with Gasteiger partial charge in [0, 0.05) is 7.05 Å². The van der Waals surface area contributed by atoms with E-state index in [0.717, 1.165) is 12.8 Å². The predicted octanol–water partition coefficient (Wildman–Crippen LogP) is 2.84. The number of sulfonamides is 1. The van der Waals surface area contributed by atoms with E-state index in [-0.39, 0.29) is 16.8 Å². The number of hydrogen-bond donors (Lipinski definition) is 0. The van der Waals surface area contributed by atoms with E-state index in [0.29, 0.717) is 17.2 Å². The fraction of sp³-hybridized carbons (Fsp3) is 0.278. The molecular formula is C18H19NO5S. The summed E-state index contributed by atoms with van der Waals surface area (Å²) in [4.78, 5) is 11.8. The van der Waals surface area contributed by atoms with Crippen molar-refractivity contribution >= 4 is 21.7 Å². The van der Waals surface area contributed by atoms with Crippen molar-refractivity contribution in [3.8, 4) is 11.5 Å². The number of methoxy groups -OCH3 is 1. The highest BCUT2D eigenvalue weighted by Crippen LogP contribution is 2.31. The van der Waals surface area contributed by atoms with Gasteiger partial charge in [-0.25, -0.2) is 8.42 Å². The number of anilines is 1. The number of carbonyl (C=O) groups is 1. The van der Waals surface area contributed by atoms with E-state index in [1.54, 1.807) is 36.4 Å². The van der Waals surface area contributed by atoms with Crippen LogP contribution < -0.4 is 13.8 Å². The Hall–Kier alpha value is -2.54. The molecule has 132 valence electrons. The maximum atomic E-state index is 12.7. The van der Waals surface area contributed by atoms with E-state index in [2.05, 4.69) is 0 Å². The van der Waals surface area contributed by atoms with Crippen molar-refractivity contribution in [3.63, 3.8) is 0 Å². The van der Waals surface area contributed by atoms with Crippen LogP contribution in [0.2, 0.25) is 0 Å². The summed E-state index contributed by atoms with van der Waals surface area (Å²) in [5.41, 5.74) is 0.474. The Labute approximate surface area is 147 Å². The number of hydrogen-bond acceptors (Lipinski definition) is 5. The summed E-state index contributed by atoms with van der Waals surface area (Å²) in [6, 6.07) is 12.6. The van der Waals surface area contributed by atoms with Gasteiger partial charge in [0.25, 0.3) is 10.0 Å². The smallest absolute Gasteiger partial charge is 0.314 e. The van der Waals surface area contributed by atoms with E-state index in [1.165, 1.54) is 30.6 Å². The van der Waals surface area contributed by atoms with Crippen molar-refractivity contribution in [1.82, 2.24) is 0 Å². The Morgan fingerprint density at radius 3 is 2.08 bits per heavy atom. The first-order valence-corrected chi connectivity index (χ1v) is 9.30. The van der Waals surface area contributed by atoms with Crippen LogP contribution in [0.4, 0.5) is 5.69 Å². The summed E-state index contributed by atoms with van der Waals surface area (Å²) in [5, 5.41) is 0. The largest absolute Gasteiger partial charge is 0.497 e. The second-order valence-electron chi connectivity index (χ2n) is 5.84. The number of rotatable bonds is 6. The Bertz CT molecular complexity index is 855. The fourth-order valence-corrected chi connectivity index (χ4v) is 3.48. The van der Waals surface area contributed by atoms with Gasteiger partial charge < -0.3 is 9.47 Å². The molecule has 0 radical (unpaired) electrons. The summed E-state index contributed by atoms with van der Waals surface area (Å²) in [6.45, 7) is 0. The van der Waals surface area contributed by atoms with Crippen molar-refractivity contribution in [2.75, 3.05) is 18.5 Å². The van der Waals surface area contributed by atoms with Gasteiger partial charge in [-0.2, -0.15) is 0 Å². The summed E-state index contributed by atoms with van der Waals surface area (Å²) >= 11 is 0. The van der Waals surface area contributed by atoms with Crippen LogP contribution in [0, 0.1) is 5.92 Å². The van der Waals surface area contributed by atoms with Crippen LogP contribution in [-0.4, -0.2) is 28.5 Å². The first-order valence-electron chi connectivity index (χ1n) is 7.86. The third kappa shape index (κ3) is 3.76. The predicted molar refractivity (Wildman–Crippen MR) is 93.4 cm³/mol. The molecule has 0 aliphatic heterocycles. The van der Waals surface area contributed by atoms with Gasteiger partial charge in [-0.1, -0.05) is 0 Å². The third-order valence-corrected chi connectivity index (χ3v) is 5.85. The number of nitrogens with zero attached hydrogens (tertiary/aromatic N) is 1. The molecule has 2 aromatic rings. The van der Waals surface area contributed by atoms with Crippen LogP contribution in [0.3, 0.4) is 0 Å². The number of ether oxygens (including phenoxy) is 2. The van der Waals surface area contributed by atoms with Gasteiger partial charge in [-0.15, -0.1) is 0 Å². The van der Waals surface area contributed by atoms with E-state index < -0.39 is 10.0 Å². The van der Waals surface area contributed by atoms with Gasteiger partial charge in [-0.05, 0) is 61.4 Å². The zero-order chi connectivity index (χ0) is 18.0. The van der Waals surface area contributed by atoms with Crippen molar-refractivity contribution in [2.24, 2.45) is 5.92 Å². The second kappa shape index (κ2) is 6.76. The third-order valence-electron chi connectivity index (χ3n) is 4.05. The Morgan fingerprint density at radius 1 is 1.00 bits per heavy atom. The van der Waals surface area contributed by atoms with Crippen LogP contribution in [0.25, 0.3) is 0 Å². The molecule has 0 amide bonds. The second-order valence-corrected chi connectivity index (χ2v) is 7.81. The minimum Gasteiger partial charge on any atom is -0.497 e. The molecule has 1 aliphatic carbocycles. The molecule has 0 spiro atoms. The van der Waals surface area contributed by atoms with Gasteiger partial charge in [-0.3, -0.25) is 9.10 Å². The average molecular weight is 361 g/mol. The monoisotopic (exact) mass is 361 g/mol. The van der Waals surface area contributed by atoms with Crippen LogP contribution in [0.1, 0.15) is 12.8 Å². The van der Waals surface area contributed by atoms with Crippen molar-refractivity contribution in [3.05, 3.63) is 48.5 Å². The molecule has 2 aromatic carbocycles. The first kappa shape index (κ1) is 17.3. The normalized spacial score (nSPS) is 14.0. The lowest BCUT2D eigenvalue weighted by Crippen LogP contribution is -2.26. The Morgan fingerprint density at radius 2 is 1.56 bits per heavy atom. The molecule has 25 heavy (non-hydrogen) atoms. The minimum absolute atomic E-state index is 0.0119. The maximum absolute atomic E-state index is 12.7. The van der Waals surface area contributed by atoms with Gasteiger partial charge >= 0.3 is 5.97 Å². The van der Waals surface area contributed by atoms with E-state index in [4.69, 9.17) is 9.47 Å². The molecule has 1 aliphatic rings. The SMILES string of the molecule is COc1ccc(S(=O)(=O)N(C)c2ccc(OC(=O)C3CC3)cc2)cc1. The lowest BCUT2D eigenvalue weighted by molar-refractivity contribution is -0.135. The summed E-state index contributed by atoms with van der Waals surface area (Å²) in [6.07, 6.45) is 1.75. The summed E-state index contributed by atoms with van der Waals surface area (Å²) in [5.74, 6) is 0.782. The molecule has 0 heterocycles. The standard InChI is InChI=1S/C18H19NO5S/c1-19(25(21,22)17-11-9-15(23-2)10-12-17)14-5-7-16(8-6-14)24-18(20)13-3-4-13/h5-13H,3-4H2,1-2H3. The molecule has 0 saturated heterocycles. The topological polar surface area (TPSA) is 72.9 Å². The van der Waals surface area contributed by atoms with Crippen LogP contribution in [-0.2, 0) is 14.8 Å². The fourth-order valence-electron chi connectivity index (χ4n) is 2.29. The van der Waals surface area contributed by atoms with E-state index in [9.17, 15) is 13.2 Å². The minimum atomic E-state index is -3.69. The lowest BCUT2D eigenvalue weighted by Gasteiger charge is -2.20. The molecule has 0 bridgehead atoms. The van der Waals surface area contributed by atoms with Gasteiger partial charge in [0.2, 0.25) is 0 Å². The molecule has 6 nitrogen and oxygen atoms in total. The highest BCUT2D eigenvalue weighted by molar-refractivity contribution is 7.92. The van der Waals surface area contributed by atoms with Gasteiger partial charge in [0.05, 0.1) is 23.6 Å². The van der Waals surface area contributed by atoms with Crippen LogP contribution >= 0.6 is 0 Å². The summed E-state index contributed by atoms with van der Waals surface area (Å²) in [7, 11) is -0.688. The highest BCUT2D eigenvalue weighted by atomic mass is 32.2. The molecule has 7 heteroatoms. The lowest BCUT2D eigenvalue weighted by atomic mass is 10.3. The molecule has 1 fully saturated rings. The zero-order valence-electron chi connectivity index (χ0n) is 14.0. The van der Waals surface area contributed by atoms with Crippen LogP contribution in [0.15, 0.2) is 53.4 Å². The quantitative estimate of drug-likeness (QED) is 0.584. The molecule has 1 saturated carbocycles. The van der Waals surface area contributed by atoms with E-state index >= 15 is 0 Å².